The van der Waals surface area contributed by atoms with Gasteiger partial charge in [0.1, 0.15) is 0 Å². The smallest absolute Gasteiger partial charge is 0.192 e. The predicted octanol–water partition coefficient (Wildman–Crippen LogP) is 4.33. The molecule has 5 heteroatoms. The van der Waals surface area contributed by atoms with Gasteiger partial charge in [0.25, 0.3) is 0 Å². The average molecular weight is 425 g/mol. The molecule has 4 fully saturated rings. The Morgan fingerprint density at radius 2 is 1.55 bits per heavy atom. The molecule has 0 radical (unpaired) electrons. The minimum absolute atomic E-state index is 0.0721. The van der Waals surface area contributed by atoms with Crippen molar-refractivity contribution in [1.29, 1.82) is 0 Å². The molecule has 4 saturated carbocycles. The third kappa shape index (κ3) is 3.47. The van der Waals surface area contributed by atoms with Crippen LogP contribution in [0.2, 0.25) is 18.1 Å². The molecule has 0 bridgehead atoms. The van der Waals surface area contributed by atoms with Gasteiger partial charge in [-0.2, -0.15) is 0 Å². The third-order valence-electron chi connectivity index (χ3n) is 10.2. The molecule has 0 spiro atoms. The van der Waals surface area contributed by atoms with Crippen LogP contribution in [0.1, 0.15) is 72.6 Å². The van der Waals surface area contributed by atoms with E-state index in [0.29, 0.717) is 17.8 Å². The molecule has 0 saturated heterocycles. The van der Waals surface area contributed by atoms with Crippen LogP contribution in [0.15, 0.2) is 0 Å². The predicted molar refractivity (Wildman–Crippen MR) is 118 cm³/mol. The van der Waals surface area contributed by atoms with Crippen molar-refractivity contribution in [2.45, 2.75) is 115 Å². The monoisotopic (exact) mass is 424 g/mol. The number of hydrogen-bond acceptors (Lipinski definition) is 4. The fourth-order valence-corrected chi connectivity index (χ4v) is 8.88. The fraction of sp³-hybridized carbons (Fsp3) is 1.00. The van der Waals surface area contributed by atoms with Gasteiger partial charge in [0, 0.05) is 6.10 Å². The number of aliphatic hydroxyl groups excluding tert-OH is 3. The molecular formula is C24H44O4Si. The highest BCUT2D eigenvalue weighted by molar-refractivity contribution is 6.74. The van der Waals surface area contributed by atoms with Gasteiger partial charge in [-0.05, 0) is 98.1 Å². The van der Waals surface area contributed by atoms with E-state index in [0.717, 1.165) is 44.9 Å². The summed E-state index contributed by atoms with van der Waals surface area (Å²) in [7, 11) is -1.83. The Balaban J connectivity index is 1.52. The van der Waals surface area contributed by atoms with E-state index in [2.05, 4.69) is 40.8 Å². The molecule has 168 valence electrons. The average Bonchev–Trinajstić information content (AvgIpc) is 2.93. The van der Waals surface area contributed by atoms with Crippen LogP contribution in [0.25, 0.3) is 0 Å². The number of aliphatic hydroxyl groups is 3. The number of hydrogen-bond donors (Lipinski definition) is 3. The van der Waals surface area contributed by atoms with Gasteiger partial charge in [0.05, 0.1) is 18.3 Å². The zero-order chi connectivity index (χ0) is 21.4. The second-order valence-electron chi connectivity index (χ2n) is 12.6. The lowest BCUT2D eigenvalue weighted by Gasteiger charge is -2.59. The van der Waals surface area contributed by atoms with Gasteiger partial charge in [0.2, 0.25) is 0 Å². The van der Waals surface area contributed by atoms with Crippen molar-refractivity contribution in [3.05, 3.63) is 0 Å². The minimum Gasteiger partial charge on any atom is -0.414 e. The largest absolute Gasteiger partial charge is 0.414 e. The standard InChI is InChI=1S/C24H44O4Si/c1-23(2,3)29(5,6)28-14-7-8-15-16-11-12-24(4)18(9-10-19(24)25)20(16)22(27)21(26)17(15)13-14/h14-22,25-27H,7-13H2,1-6H3. The Morgan fingerprint density at radius 1 is 0.862 bits per heavy atom. The van der Waals surface area contributed by atoms with Crippen molar-refractivity contribution in [3.8, 4) is 0 Å². The summed E-state index contributed by atoms with van der Waals surface area (Å²) in [6, 6.07) is 0. The lowest BCUT2D eigenvalue weighted by Crippen LogP contribution is -2.61. The van der Waals surface area contributed by atoms with Gasteiger partial charge in [-0.25, -0.2) is 0 Å². The quantitative estimate of drug-likeness (QED) is 0.577. The van der Waals surface area contributed by atoms with Crippen LogP contribution in [0.3, 0.4) is 0 Å². The second-order valence-corrected chi connectivity index (χ2v) is 17.4. The normalized spacial score (nSPS) is 50.6. The minimum atomic E-state index is -1.83. The van der Waals surface area contributed by atoms with Gasteiger partial charge < -0.3 is 19.7 Å². The van der Waals surface area contributed by atoms with Crippen LogP contribution in [-0.2, 0) is 4.43 Å². The van der Waals surface area contributed by atoms with E-state index >= 15 is 0 Å². The molecule has 0 aliphatic heterocycles. The maximum Gasteiger partial charge on any atom is 0.192 e. The molecule has 4 aliphatic carbocycles. The first-order chi connectivity index (χ1) is 13.4. The molecule has 3 N–H and O–H groups in total. The Kier molecular flexibility index (Phi) is 5.60. The Bertz CT molecular complexity index is 616. The molecule has 0 heterocycles. The summed E-state index contributed by atoms with van der Waals surface area (Å²) in [6.45, 7) is 13.7. The molecular weight excluding hydrogens is 380 g/mol. The van der Waals surface area contributed by atoms with Gasteiger partial charge in [-0.3, -0.25) is 0 Å². The summed E-state index contributed by atoms with van der Waals surface area (Å²) in [6.07, 6.45) is 5.77. The van der Waals surface area contributed by atoms with E-state index < -0.39 is 20.5 Å². The first-order valence-electron chi connectivity index (χ1n) is 12.1. The van der Waals surface area contributed by atoms with Crippen molar-refractivity contribution in [1.82, 2.24) is 0 Å². The highest BCUT2D eigenvalue weighted by atomic mass is 28.4. The maximum absolute atomic E-state index is 11.2. The zero-order valence-electron chi connectivity index (χ0n) is 19.4. The van der Waals surface area contributed by atoms with Crippen LogP contribution in [-0.4, -0.2) is 48.1 Å². The fourth-order valence-electron chi connectivity index (χ4n) is 7.48. The van der Waals surface area contributed by atoms with E-state index in [-0.39, 0.29) is 34.5 Å². The van der Waals surface area contributed by atoms with Crippen molar-refractivity contribution >= 4 is 8.32 Å². The first-order valence-corrected chi connectivity index (χ1v) is 15.0. The summed E-state index contributed by atoms with van der Waals surface area (Å²) in [5.41, 5.74) is -0.0721. The summed E-state index contributed by atoms with van der Waals surface area (Å²) in [5.74, 6) is 1.66. The van der Waals surface area contributed by atoms with Crippen molar-refractivity contribution in [2.24, 2.45) is 35.0 Å². The van der Waals surface area contributed by atoms with Crippen molar-refractivity contribution in [2.75, 3.05) is 0 Å². The summed E-state index contributed by atoms with van der Waals surface area (Å²) in [5, 5.41) is 33.2. The van der Waals surface area contributed by atoms with Gasteiger partial charge in [0.15, 0.2) is 8.32 Å². The first kappa shape index (κ1) is 22.3. The molecule has 0 aromatic rings. The zero-order valence-corrected chi connectivity index (χ0v) is 20.4. The molecule has 29 heavy (non-hydrogen) atoms. The number of rotatable bonds is 2. The van der Waals surface area contributed by atoms with Gasteiger partial charge in [-0.1, -0.05) is 27.7 Å². The maximum atomic E-state index is 11.2. The number of fused-ring (bicyclic) bond motifs is 5. The van der Waals surface area contributed by atoms with Crippen molar-refractivity contribution in [3.63, 3.8) is 0 Å². The van der Waals surface area contributed by atoms with Gasteiger partial charge >= 0.3 is 0 Å². The van der Waals surface area contributed by atoms with Crippen molar-refractivity contribution < 1.29 is 19.7 Å². The third-order valence-corrected chi connectivity index (χ3v) is 14.8. The molecule has 10 atom stereocenters. The van der Waals surface area contributed by atoms with Crippen LogP contribution in [0.5, 0.6) is 0 Å². The summed E-state index contributed by atoms with van der Waals surface area (Å²) >= 11 is 0. The molecule has 0 aromatic heterocycles. The Morgan fingerprint density at radius 3 is 2.21 bits per heavy atom. The lowest BCUT2D eigenvalue weighted by atomic mass is 9.49. The molecule has 4 aliphatic rings. The molecule has 10 unspecified atom stereocenters. The van der Waals surface area contributed by atoms with Crippen LogP contribution in [0.4, 0.5) is 0 Å². The molecule has 4 rings (SSSR count). The van der Waals surface area contributed by atoms with Crippen LogP contribution >= 0.6 is 0 Å². The van der Waals surface area contributed by atoms with E-state index in [1.807, 2.05) is 0 Å². The topological polar surface area (TPSA) is 69.9 Å². The SMILES string of the molecule is CC12CCC3C4CCC(O[Si](C)(C)C(C)(C)C)CC4C(O)C(O)C3C1CCC2O. The molecule has 0 amide bonds. The summed E-state index contributed by atoms with van der Waals surface area (Å²) in [4.78, 5) is 0. The second kappa shape index (κ2) is 7.30. The molecule has 0 aromatic carbocycles. The summed E-state index contributed by atoms with van der Waals surface area (Å²) < 4.78 is 6.72. The van der Waals surface area contributed by atoms with Crippen LogP contribution < -0.4 is 0 Å². The highest BCUT2D eigenvalue weighted by Gasteiger charge is 2.61. The highest BCUT2D eigenvalue weighted by Crippen LogP contribution is 2.62. The Hall–Kier alpha value is 0.0569. The van der Waals surface area contributed by atoms with Gasteiger partial charge in [-0.15, -0.1) is 0 Å². The Labute approximate surface area is 178 Å². The van der Waals surface area contributed by atoms with E-state index in [4.69, 9.17) is 4.43 Å². The van der Waals surface area contributed by atoms with E-state index in [9.17, 15) is 15.3 Å². The molecule has 4 nitrogen and oxygen atoms in total. The van der Waals surface area contributed by atoms with E-state index in [1.165, 1.54) is 0 Å². The lowest BCUT2D eigenvalue weighted by molar-refractivity contribution is -0.191. The van der Waals surface area contributed by atoms with Crippen LogP contribution in [0, 0.1) is 35.0 Å². The van der Waals surface area contributed by atoms with E-state index in [1.54, 1.807) is 0 Å².